The normalized spacial score (nSPS) is 13.6. The van der Waals surface area contributed by atoms with Gasteiger partial charge in [0, 0.05) is 17.8 Å². The predicted molar refractivity (Wildman–Crippen MR) is 79.4 cm³/mol. The average Bonchev–Trinajstić information content (AvgIpc) is 2.36. The minimum Gasteiger partial charge on any atom is -0.443 e. The molecule has 0 N–H and O–H groups in total. The lowest BCUT2D eigenvalue weighted by Gasteiger charge is -2.21. The Bertz CT molecular complexity index is 532. The summed E-state index contributed by atoms with van der Waals surface area (Å²) in [6, 6.07) is 4.55. The number of hydrogen-bond acceptors (Lipinski definition) is 5. The molecule has 5 nitrogen and oxygen atoms in total. The van der Waals surface area contributed by atoms with Crippen molar-refractivity contribution >= 4 is 24.0 Å². The Kier molecular flexibility index (Phi) is 5.66. The van der Waals surface area contributed by atoms with E-state index in [4.69, 9.17) is 20.9 Å². The van der Waals surface area contributed by atoms with Gasteiger partial charge >= 0.3 is 0 Å². The van der Waals surface area contributed by atoms with Crippen LogP contribution in [0.3, 0.4) is 0 Å². The Hall–Kier alpha value is -1.23. The highest BCUT2D eigenvalue weighted by molar-refractivity contribution is 8.10. The van der Waals surface area contributed by atoms with Crippen LogP contribution in [0, 0.1) is 17.0 Å². The lowest BCUT2D eigenvalue weighted by Crippen LogP contribution is -2.01. The maximum absolute atomic E-state index is 10.7. The van der Waals surface area contributed by atoms with Gasteiger partial charge in [-0.15, -0.1) is 6.58 Å². The smallest absolute Gasteiger partial charge is 0.272 e. The van der Waals surface area contributed by atoms with E-state index >= 15 is 0 Å². The molecular weight excluding hydrogens is 285 g/mol. The average molecular weight is 301 g/mol. The third-order valence-electron chi connectivity index (χ3n) is 2.39. The fraction of sp³-hybridized carbons (Fsp3) is 0.333. The van der Waals surface area contributed by atoms with Crippen molar-refractivity contribution in [3.8, 4) is 5.75 Å². The van der Waals surface area contributed by atoms with Gasteiger partial charge in [0.05, 0.1) is 11.5 Å². The number of benzene rings is 1. The van der Waals surface area contributed by atoms with E-state index < -0.39 is 11.4 Å². The summed E-state index contributed by atoms with van der Waals surface area (Å²) in [4.78, 5) is 10.3. The highest BCUT2D eigenvalue weighted by Gasteiger charge is 2.19. The molecule has 0 radical (unpaired) electrons. The highest BCUT2D eigenvalue weighted by Crippen LogP contribution is 2.48. The van der Waals surface area contributed by atoms with Crippen molar-refractivity contribution in [3.63, 3.8) is 0 Å². The summed E-state index contributed by atoms with van der Waals surface area (Å²) in [5.41, 5.74) is 0.591. The largest absolute Gasteiger partial charge is 0.443 e. The molecule has 19 heavy (non-hydrogen) atoms. The molecule has 1 aromatic carbocycles. The van der Waals surface area contributed by atoms with Crippen LogP contribution < -0.4 is 4.52 Å². The van der Waals surface area contributed by atoms with Crippen LogP contribution in [0.4, 0.5) is 5.69 Å². The van der Waals surface area contributed by atoms with Crippen LogP contribution in [0.25, 0.3) is 0 Å². The zero-order valence-corrected chi connectivity index (χ0v) is 12.6. The molecule has 0 amide bonds. The van der Waals surface area contributed by atoms with E-state index in [9.17, 15) is 10.1 Å². The van der Waals surface area contributed by atoms with Gasteiger partial charge in [0.15, 0.2) is 0 Å². The molecule has 7 heteroatoms. The van der Waals surface area contributed by atoms with Gasteiger partial charge in [-0.05, 0) is 30.9 Å². The molecule has 0 saturated heterocycles. The molecule has 1 aromatic rings. The zero-order chi connectivity index (χ0) is 14.5. The molecule has 1 atom stereocenters. The van der Waals surface area contributed by atoms with Gasteiger partial charge in [0.25, 0.3) is 5.69 Å². The van der Waals surface area contributed by atoms with Crippen molar-refractivity contribution in [2.24, 2.45) is 0 Å². The molecule has 0 aliphatic carbocycles. The van der Waals surface area contributed by atoms with Gasteiger partial charge in [-0.25, -0.2) is 0 Å². The highest BCUT2D eigenvalue weighted by atomic mass is 32.5. The number of aryl methyl sites for hydroxylation is 1. The summed E-state index contributed by atoms with van der Waals surface area (Å²) in [6.07, 6.45) is 2.19. The van der Waals surface area contributed by atoms with E-state index in [1.807, 2.05) is 6.92 Å². The van der Waals surface area contributed by atoms with Crippen molar-refractivity contribution in [2.45, 2.75) is 13.8 Å². The Morgan fingerprint density at radius 1 is 1.58 bits per heavy atom. The van der Waals surface area contributed by atoms with E-state index in [-0.39, 0.29) is 5.69 Å². The standard InChI is InChI=1S/C12H16NO4PS/c1-4-8-16-18(19,5-2)17-11-6-7-12(13(14)15)10(3)9-11/h4,6-7,9H,1,5,8H2,2-3H3. The molecule has 1 rings (SSSR count). The lowest BCUT2D eigenvalue weighted by atomic mass is 10.2. The van der Waals surface area contributed by atoms with Gasteiger partial charge in [-0.3, -0.25) is 10.1 Å². The molecule has 104 valence electrons. The number of nitro benzene ring substituents is 1. The summed E-state index contributed by atoms with van der Waals surface area (Å²) in [7, 11) is 0. The van der Waals surface area contributed by atoms with E-state index in [0.29, 0.717) is 24.1 Å². The monoisotopic (exact) mass is 301 g/mol. The first-order chi connectivity index (χ1) is 8.91. The van der Waals surface area contributed by atoms with E-state index in [1.165, 1.54) is 6.07 Å². The fourth-order valence-corrected chi connectivity index (χ4v) is 2.97. The van der Waals surface area contributed by atoms with Crippen LogP contribution in [0.2, 0.25) is 0 Å². The summed E-state index contributed by atoms with van der Waals surface area (Å²) >= 11 is 5.36. The topological polar surface area (TPSA) is 61.6 Å². The number of nitrogens with zero attached hydrogens (tertiary/aromatic N) is 1. The second-order valence-electron chi connectivity index (χ2n) is 3.81. The van der Waals surface area contributed by atoms with Crippen LogP contribution in [0.15, 0.2) is 30.9 Å². The minimum atomic E-state index is -2.41. The van der Waals surface area contributed by atoms with E-state index in [2.05, 4.69) is 6.58 Å². The molecule has 0 heterocycles. The van der Waals surface area contributed by atoms with E-state index in [1.54, 1.807) is 25.1 Å². The van der Waals surface area contributed by atoms with Crippen LogP contribution in [0.5, 0.6) is 5.75 Å². The third-order valence-corrected chi connectivity index (χ3v) is 5.51. The van der Waals surface area contributed by atoms with Gasteiger partial charge in [-0.2, -0.15) is 0 Å². The van der Waals surface area contributed by atoms with E-state index in [0.717, 1.165) is 0 Å². The fourth-order valence-electron chi connectivity index (χ4n) is 1.40. The maximum Gasteiger partial charge on any atom is 0.272 e. The second-order valence-corrected chi connectivity index (χ2v) is 7.77. The van der Waals surface area contributed by atoms with Gasteiger partial charge < -0.3 is 9.05 Å². The third kappa shape index (κ3) is 4.42. The molecule has 0 aromatic heterocycles. The Morgan fingerprint density at radius 2 is 2.26 bits per heavy atom. The maximum atomic E-state index is 10.7. The summed E-state index contributed by atoms with van der Waals surface area (Å²) in [5.74, 6) is 0.498. The van der Waals surface area contributed by atoms with Crippen molar-refractivity contribution in [3.05, 3.63) is 46.5 Å². The minimum absolute atomic E-state index is 0.0594. The second kappa shape index (κ2) is 6.80. The van der Waals surface area contributed by atoms with Crippen molar-refractivity contribution in [2.75, 3.05) is 12.8 Å². The molecule has 0 aliphatic heterocycles. The van der Waals surface area contributed by atoms with Gasteiger partial charge in [0.2, 0.25) is 6.49 Å². The lowest BCUT2D eigenvalue weighted by molar-refractivity contribution is -0.385. The van der Waals surface area contributed by atoms with Crippen molar-refractivity contribution in [1.29, 1.82) is 0 Å². The molecule has 1 unspecified atom stereocenters. The molecule has 0 saturated carbocycles. The van der Waals surface area contributed by atoms with Gasteiger partial charge in [0.1, 0.15) is 5.75 Å². The van der Waals surface area contributed by atoms with Crippen LogP contribution >= 0.6 is 6.49 Å². The Labute approximate surface area is 117 Å². The molecule has 0 fully saturated rings. The summed E-state index contributed by atoms with van der Waals surface area (Å²) in [6.45, 7) is 5.04. The molecule has 0 aliphatic rings. The number of rotatable bonds is 7. The van der Waals surface area contributed by atoms with Crippen molar-refractivity contribution in [1.82, 2.24) is 0 Å². The zero-order valence-electron chi connectivity index (χ0n) is 10.9. The predicted octanol–water partition coefficient (Wildman–Crippen LogP) is 3.81. The first-order valence-corrected chi connectivity index (χ1v) is 8.53. The van der Waals surface area contributed by atoms with Crippen LogP contribution in [-0.4, -0.2) is 17.7 Å². The summed E-state index contributed by atoms with van der Waals surface area (Å²) < 4.78 is 11.2. The Morgan fingerprint density at radius 3 is 2.74 bits per heavy atom. The van der Waals surface area contributed by atoms with Crippen molar-refractivity contribution < 1.29 is 14.0 Å². The van der Waals surface area contributed by atoms with Crippen LogP contribution in [0.1, 0.15) is 12.5 Å². The summed E-state index contributed by atoms with van der Waals surface area (Å²) in [5, 5.41) is 10.7. The van der Waals surface area contributed by atoms with Gasteiger partial charge in [-0.1, -0.05) is 13.0 Å². The quantitative estimate of drug-likeness (QED) is 0.331. The van der Waals surface area contributed by atoms with Crippen LogP contribution in [-0.2, 0) is 16.3 Å². The molecule has 0 spiro atoms. The molecule has 0 bridgehead atoms. The SMILES string of the molecule is C=CCOP(=S)(CC)Oc1ccc([N+](=O)[O-])c(C)c1. The first kappa shape index (κ1) is 15.8. The number of hydrogen-bond donors (Lipinski definition) is 0. The first-order valence-electron chi connectivity index (χ1n) is 5.71. The number of nitro groups is 1. The molecular formula is C12H16NO4PS. The Balaban J connectivity index is 2.92.